The SMILES string of the molecule is CCCOc1ccc(CN2CC3CNCC3C2)cc1. The molecule has 19 heavy (non-hydrogen) atoms. The molecule has 2 fully saturated rings. The maximum Gasteiger partial charge on any atom is 0.119 e. The first-order chi connectivity index (χ1) is 9.35. The van der Waals surface area contributed by atoms with E-state index in [4.69, 9.17) is 4.74 Å². The normalized spacial score (nSPS) is 26.6. The monoisotopic (exact) mass is 260 g/mol. The molecule has 2 unspecified atom stereocenters. The predicted molar refractivity (Wildman–Crippen MR) is 77.4 cm³/mol. The predicted octanol–water partition coefficient (Wildman–Crippen LogP) is 2.13. The number of likely N-dealkylation sites (tertiary alicyclic amines) is 1. The Morgan fingerprint density at radius 1 is 1.16 bits per heavy atom. The molecule has 1 aromatic carbocycles. The molecule has 1 aromatic rings. The number of nitrogens with one attached hydrogen (secondary N) is 1. The molecule has 0 amide bonds. The Labute approximate surface area is 115 Å². The van der Waals surface area contributed by atoms with Crippen molar-refractivity contribution in [3.63, 3.8) is 0 Å². The molecular formula is C16H24N2O. The van der Waals surface area contributed by atoms with Gasteiger partial charge in [0.2, 0.25) is 0 Å². The van der Waals surface area contributed by atoms with E-state index in [1.165, 1.54) is 31.7 Å². The summed E-state index contributed by atoms with van der Waals surface area (Å²) in [6.45, 7) is 8.96. The molecule has 1 N–H and O–H groups in total. The van der Waals surface area contributed by atoms with Crippen molar-refractivity contribution in [3.8, 4) is 5.75 Å². The number of ether oxygens (including phenoxy) is 1. The summed E-state index contributed by atoms with van der Waals surface area (Å²) in [6.07, 6.45) is 1.06. The van der Waals surface area contributed by atoms with E-state index < -0.39 is 0 Å². The van der Waals surface area contributed by atoms with Crippen LogP contribution in [0, 0.1) is 11.8 Å². The van der Waals surface area contributed by atoms with E-state index in [2.05, 4.69) is 41.4 Å². The second-order valence-corrected chi connectivity index (χ2v) is 5.86. The standard InChI is InChI=1S/C16H24N2O/c1-2-7-19-16-5-3-13(4-6-16)10-18-11-14-8-17-9-15(14)12-18/h3-6,14-15,17H,2,7-12H2,1H3. The van der Waals surface area contributed by atoms with Gasteiger partial charge in [0.25, 0.3) is 0 Å². The van der Waals surface area contributed by atoms with Crippen LogP contribution in [0.1, 0.15) is 18.9 Å². The Morgan fingerprint density at radius 2 is 1.84 bits per heavy atom. The van der Waals surface area contributed by atoms with Crippen LogP contribution in [-0.4, -0.2) is 37.7 Å². The van der Waals surface area contributed by atoms with Crippen molar-refractivity contribution in [2.45, 2.75) is 19.9 Å². The van der Waals surface area contributed by atoms with Gasteiger partial charge >= 0.3 is 0 Å². The lowest BCUT2D eigenvalue weighted by Gasteiger charge is -2.17. The van der Waals surface area contributed by atoms with Gasteiger partial charge in [0.1, 0.15) is 5.75 Å². The van der Waals surface area contributed by atoms with Gasteiger partial charge in [-0.15, -0.1) is 0 Å². The molecule has 2 atom stereocenters. The molecule has 2 aliphatic heterocycles. The summed E-state index contributed by atoms with van der Waals surface area (Å²) >= 11 is 0. The summed E-state index contributed by atoms with van der Waals surface area (Å²) in [7, 11) is 0. The number of rotatable bonds is 5. The van der Waals surface area contributed by atoms with Gasteiger partial charge in [0.05, 0.1) is 6.61 Å². The Hall–Kier alpha value is -1.06. The van der Waals surface area contributed by atoms with E-state index in [0.717, 1.165) is 37.2 Å². The van der Waals surface area contributed by atoms with Gasteiger partial charge in [0.15, 0.2) is 0 Å². The van der Waals surface area contributed by atoms with E-state index in [-0.39, 0.29) is 0 Å². The average molecular weight is 260 g/mol. The van der Waals surface area contributed by atoms with Crippen molar-refractivity contribution in [1.29, 1.82) is 0 Å². The third-order valence-corrected chi connectivity index (χ3v) is 4.27. The fourth-order valence-corrected chi connectivity index (χ4v) is 3.25. The quantitative estimate of drug-likeness (QED) is 0.877. The van der Waals surface area contributed by atoms with Crippen molar-refractivity contribution in [2.75, 3.05) is 32.8 Å². The number of hydrogen-bond donors (Lipinski definition) is 1. The van der Waals surface area contributed by atoms with Crippen LogP contribution in [0.2, 0.25) is 0 Å². The zero-order valence-corrected chi connectivity index (χ0v) is 11.8. The molecule has 2 saturated heterocycles. The molecule has 0 radical (unpaired) electrons. The lowest BCUT2D eigenvalue weighted by atomic mass is 10.0. The van der Waals surface area contributed by atoms with Crippen LogP contribution < -0.4 is 10.1 Å². The second kappa shape index (κ2) is 5.93. The maximum absolute atomic E-state index is 5.62. The van der Waals surface area contributed by atoms with Gasteiger partial charge < -0.3 is 10.1 Å². The molecule has 3 nitrogen and oxygen atoms in total. The zero-order chi connectivity index (χ0) is 13.1. The lowest BCUT2D eigenvalue weighted by molar-refractivity contribution is 0.304. The van der Waals surface area contributed by atoms with Gasteiger partial charge in [-0.2, -0.15) is 0 Å². The molecule has 3 heteroatoms. The average Bonchev–Trinajstić information content (AvgIpc) is 2.99. The fraction of sp³-hybridized carbons (Fsp3) is 0.625. The molecule has 0 bridgehead atoms. The fourth-order valence-electron chi connectivity index (χ4n) is 3.25. The number of nitrogens with zero attached hydrogens (tertiary/aromatic N) is 1. The zero-order valence-electron chi connectivity index (χ0n) is 11.8. The molecule has 2 heterocycles. The first kappa shape index (κ1) is 12.9. The number of fused-ring (bicyclic) bond motifs is 1. The van der Waals surface area contributed by atoms with E-state index in [1.807, 2.05) is 0 Å². The van der Waals surface area contributed by atoms with Crippen LogP contribution in [0.3, 0.4) is 0 Å². The van der Waals surface area contributed by atoms with E-state index >= 15 is 0 Å². The van der Waals surface area contributed by atoms with Gasteiger partial charge in [-0.3, -0.25) is 4.90 Å². The van der Waals surface area contributed by atoms with Crippen LogP contribution in [0.25, 0.3) is 0 Å². The molecule has 3 rings (SSSR count). The summed E-state index contributed by atoms with van der Waals surface area (Å²) in [5.41, 5.74) is 1.40. The minimum atomic E-state index is 0.807. The maximum atomic E-state index is 5.62. The molecule has 0 aliphatic carbocycles. The second-order valence-electron chi connectivity index (χ2n) is 5.86. The van der Waals surface area contributed by atoms with Crippen LogP contribution in [-0.2, 0) is 6.54 Å². The number of hydrogen-bond acceptors (Lipinski definition) is 3. The Bertz CT molecular complexity index is 392. The summed E-state index contributed by atoms with van der Waals surface area (Å²) in [6, 6.07) is 8.61. The highest BCUT2D eigenvalue weighted by atomic mass is 16.5. The van der Waals surface area contributed by atoms with E-state index in [9.17, 15) is 0 Å². The van der Waals surface area contributed by atoms with Crippen LogP contribution >= 0.6 is 0 Å². The molecule has 0 aromatic heterocycles. The number of benzene rings is 1. The summed E-state index contributed by atoms with van der Waals surface area (Å²) in [5.74, 6) is 2.76. The lowest BCUT2D eigenvalue weighted by Crippen LogP contribution is -2.25. The van der Waals surface area contributed by atoms with Crippen LogP contribution in [0.4, 0.5) is 0 Å². The third-order valence-electron chi connectivity index (χ3n) is 4.27. The van der Waals surface area contributed by atoms with E-state index in [0.29, 0.717) is 0 Å². The summed E-state index contributed by atoms with van der Waals surface area (Å²) in [5, 5.41) is 3.49. The minimum Gasteiger partial charge on any atom is -0.494 e. The molecule has 104 valence electrons. The first-order valence-electron chi connectivity index (χ1n) is 7.50. The van der Waals surface area contributed by atoms with Gasteiger partial charge in [0, 0.05) is 19.6 Å². The Morgan fingerprint density at radius 3 is 2.47 bits per heavy atom. The van der Waals surface area contributed by atoms with Crippen molar-refractivity contribution < 1.29 is 4.74 Å². The van der Waals surface area contributed by atoms with Crippen LogP contribution in [0.15, 0.2) is 24.3 Å². The van der Waals surface area contributed by atoms with Gasteiger partial charge in [-0.05, 0) is 49.0 Å². The molecule has 0 saturated carbocycles. The molecule has 2 aliphatic rings. The third kappa shape index (κ3) is 3.10. The summed E-state index contributed by atoms with van der Waals surface area (Å²) < 4.78 is 5.62. The highest BCUT2D eigenvalue weighted by molar-refractivity contribution is 5.27. The topological polar surface area (TPSA) is 24.5 Å². The molecular weight excluding hydrogens is 236 g/mol. The van der Waals surface area contributed by atoms with Crippen molar-refractivity contribution in [1.82, 2.24) is 10.2 Å². The van der Waals surface area contributed by atoms with Crippen molar-refractivity contribution in [2.24, 2.45) is 11.8 Å². The minimum absolute atomic E-state index is 0.807. The first-order valence-corrected chi connectivity index (χ1v) is 7.50. The van der Waals surface area contributed by atoms with Crippen molar-refractivity contribution in [3.05, 3.63) is 29.8 Å². The van der Waals surface area contributed by atoms with Gasteiger partial charge in [-0.1, -0.05) is 19.1 Å². The van der Waals surface area contributed by atoms with Gasteiger partial charge in [-0.25, -0.2) is 0 Å². The van der Waals surface area contributed by atoms with Crippen molar-refractivity contribution >= 4 is 0 Å². The molecule has 0 spiro atoms. The Kier molecular flexibility index (Phi) is 4.04. The van der Waals surface area contributed by atoms with Crippen LogP contribution in [0.5, 0.6) is 5.75 Å². The highest BCUT2D eigenvalue weighted by Gasteiger charge is 2.35. The summed E-state index contributed by atoms with van der Waals surface area (Å²) in [4.78, 5) is 2.60. The highest BCUT2D eigenvalue weighted by Crippen LogP contribution is 2.27. The Balaban J connectivity index is 1.52. The largest absolute Gasteiger partial charge is 0.494 e. The smallest absolute Gasteiger partial charge is 0.119 e. The van der Waals surface area contributed by atoms with E-state index in [1.54, 1.807) is 0 Å².